The molecule has 41 heavy (non-hydrogen) atoms. The fourth-order valence-corrected chi connectivity index (χ4v) is 6.31. The van der Waals surface area contributed by atoms with Gasteiger partial charge in [0.25, 0.3) is 5.91 Å². The number of esters is 1. The van der Waals surface area contributed by atoms with E-state index in [4.69, 9.17) is 9.47 Å². The first-order valence-electron chi connectivity index (χ1n) is 14.7. The summed E-state index contributed by atoms with van der Waals surface area (Å²) in [5, 5.41) is 17.3. The SMILES string of the molecule is CC(C)Oc1ccc(C(=O)NCCC[N+]23CCC(CC2)C(OC(=O)C([O-])(c2ccccc2)c2ccccc2)C3)cc1. The molecule has 0 saturated carbocycles. The second kappa shape index (κ2) is 12.5. The van der Waals surface area contributed by atoms with Crippen LogP contribution in [0.3, 0.4) is 0 Å². The Morgan fingerprint density at radius 1 is 0.927 bits per heavy atom. The Morgan fingerprint density at radius 2 is 1.51 bits per heavy atom. The smallest absolute Gasteiger partial charge is 0.304 e. The van der Waals surface area contributed by atoms with Gasteiger partial charge >= 0.3 is 5.97 Å². The van der Waals surface area contributed by atoms with Gasteiger partial charge in [0.15, 0.2) is 6.10 Å². The predicted octanol–water partition coefficient (Wildman–Crippen LogP) is 4.05. The summed E-state index contributed by atoms with van der Waals surface area (Å²) in [6.45, 7) is 8.17. The normalized spacial score (nSPS) is 21.9. The van der Waals surface area contributed by atoms with Crippen molar-refractivity contribution in [2.75, 3.05) is 32.7 Å². The van der Waals surface area contributed by atoms with Crippen LogP contribution >= 0.6 is 0 Å². The molecular weight excluding hydrogens is 516 g/mol. The zero-order chi connectivity index (χ0) is 28.9. The van der Waals surface area contributed by atoms with Gasteiger partial charge in [-0.15, -0.1) is 0 Å². The Bertz CT molecular complexity index is 1260. The van der Waals surface area contributed by atoms with Crippen LogP contribution in [-0.2, 0) is 15.1 Å². The van der Waals surface area contributed by atoms with E-state index in [-0.39, 0.29) is 24.0 Å². The number of hydrogen-bond acceptors (Lipinski definition) is 5. The number of rotatable bonds is 11. The van der Waals surface area contributed by atoms with Crippen LogP contribution in [-0.4, -0.2) is 61.3 Å². The lowest BCUT2D eigenvalue weighted by molar-refractivity contribution is -0.946. The maximum absolute atomic E-state index is 14.3. The van der Waals surface area contributed by atoms with Crippen LogP contribution in [0.5, 0.6) is 5.75 Å². The van der Waals surface area contributed by atoms with Crippen molar-refractivity contribution < 1.29 is 28.7 Å². The molecule has 3 aliphatic heterocycles. The van der Waals surface area contributed by atoms with Crippen LogP contribution in [0, 0.1) is 5.92 Å². The summed E-state index contributed by atoms with van der Waals surface area (Å²) >= 11 is 0. The molecule has 3 fully saturated rings. The summed E-state index contributed by atoms with van der Waals surface area (Å²) in [4.78, 5) is 26.3. The standard InChI is InChI=1S/C34H40N2O5/c1-25(2)40-30-16-14-27(15-17-30)32(37)35-20-9-21-36-22-18-26(19-23-36)31(24-36)41-33(38)34(39,28-10-5-3-6-11-28)29-12-7-4-8-13-29/h3-8,10-17,25-26,31H,9,18-24H2,1-2H3,(H,35,37). The highest BCUT2D eigenvalue weighted by molar-refractivity contribution is 5.94. The van der Waals surface area contributed by atoms with Crippen LogP contribution in [0.15, 0.2) is 84.9 Å². The molecule has 7 heteroatoms. The fourth-order valence-electron chi connectivity index (χ4n) is 6.31. The Balaban J connectivity index is 1.18. The minimum atomic E-state index is -2.12. The van der Waals surface area contributed by atoms with E-state index in [1.54, 1.807) is 60.7 Å². The second-order valence-corrected chi connectivity index (χ2v) is 11.7. The Labute approximate surface area is 242 Å². The number of piperidine rings is 3. The number of ether oxygens (including phenoxy) is 2. The van der Waals surface area contributed by atoms with Gasteiger partial charge in [0, 0.05) is 42.9 Å². The predicted molar refractivity (Wildman–Crippen MR) is 155 cm³/mol. The van der Waals surface area contributed by atoms with Gasteiger partial charge in [0.2, 0.25) is 0 Å². The number of nitrogens with zero attached hydrogens (tertiary/aromatic N) is 1. The lowest BCUT2D eigenvalue weighted by atomic mass is 9.82. The molecule has 3 aliphatic rings. The van der Waals surface area contributed by atoms with Crippen molar-refractivity contribution in [2.45, 2.75) is 50.9 Å². The summed E-state index contributed by atoms with van der Waals surface area (Å²) in [5.41, 5.74) is -0.738. The van der Waals surface area contributed by atoms with Gasteiger partial charge in [0.05, 0.1) is 25.7 Å². The molecule has 0 aliphatic carbocycles. The van der Waals surface area contributed by atoms with E-state index < -0.39 is 11.6 Å². The van der Waals surface area contributed by atoms with Gasteiger partial charge in [-0.2, -0.15) is 0 Å². The lowest BCUT2D eigenvalue weighted by Gasteiger charge is -2.53. The summed E-state index contributed by atoms with van der Waals surface area (Å²) < 4.78 is 12.6. The molecule has 1 unspecified atom stereocenters. The first-order valence-corrected chi connectivity index (χ1v) is 14.7. The molecule has 2 bridgehead atoms. The summed E-state index contributed by atoms with van der Waals surface area (Å²) in [7, 11) is 0. The zero-order valence-corrected chi connectivity index (χ0v) is 24.0. The van der Waals surface area contributed by atoms with E-state index in [0.29, 0.717) is 29.8 Å². The van der Waals surface area contributed by atoms with Crippen LogP contribution in [0.2, 0.25) is 0 Å². The maximum Gasteiger partial charge on any atom is 0.304 e. The van der Waals surface area contributed by atoms with Gasteiger partial charge in [0.1, 0.15) is 12.3 Å². The minimum Gasteiger partial charge on any atom is -0.834 e. The third-order valence-electron chi connectivity index (χ3n) is 8.53. The molecule has 1 atom stereocenters. The molecule has 0 radical (unpaired) electrons. The molecule has 1 amide bonds. The van der Waals surface area contributed by atoms with Gasteiger partial charge in [-0.3, -0.25) is 9.59 Å². The van der Waals surface area contributed by atoms with E-state index in [9.17, 15) is 14.7 Å². The molecule has 3 aromatic carbocycles. The molecule has 6 rings (SSSR count). The van der Waals surface area contributed by atoms with Crippen molar-refractivity contribution in [2.24, 2.45) is 5.92 Å². The number of quaternary nitrogens is 1. The fraction of sp³-hybridized carbons (Fsp3) is 0.412. The Kier molecular flexibility index (Phi) is 8.76. The highest BCUT2D eigenvalue weighted by Gasteiger charge is 2.48. The Hall–Kier alpha value is -3.68. The van der Waals surface area contributed by atoms with Gasteiger partial charge in [-0.25, -0.2) is 0 Å². The number of carbonyl (C=O) groups is 2. The number of benzene rings is 3. The molecule has 0 aromatic heterocycles. The van der Waals surface area contributed by atoms with Gasteiger partial charge < -0.3 is 24.4 Å². The van der Waals surface area contributed by atoms with Crippen LogP contribution in [0.25, 0.3) is 0 Å². The summed E-state index contributed by atoms with van der Waals surface area (Å²) in [6, 6.07) is 24.8. The largest absolute Gasteiger partial charge is 0.834 e. The van der Waals surface area contributed by atoms with E-state index in [2.05, 4.69) is 5.32 Å². The molecule has 3 saturated heterocycles. The molecule has 3 heterocycles. The highest BCUT2D eigenvalue weighted by atomic mass is 16.6. The van der Waals surface area contributed by atoms with E-state index in [1.807, 2.05) is 38.1 Å². The molecular formula is C34H40N2O5. The molecule has 0 spiro atoms. The van der Waals surface area contributed by atoms with Gasteiger partial charge in [-0.05, 0) is 49.2 Å². The summed E-state index contributed by atoms with van der Waals surface area (Å²) in [6.07, 6.45) is 2.56. The van der Waals surface area contributed by atoms with Crippen molar-refractivity contribution in [3.8, 4) is 5.75 Å². The third kappa shape index (κ3) is 6.47. The quantitative estimate of drug-likeness (QED) is 0.219. The second-order valence-electron chi connectivity index (χ2n) is 11.7. The van der Waals surface area contributed by atoms with Crippen molar-refractivity contribution in [3.05, 3.63) is 102 Å². The molecule has 216 valence electrons. The number of hydrogen-bond donors (Lipinski definition) is 1. The maximum atomic E-state index is 14.3. The lowest BCUT2D eigenvalue weighted by Crippen LogP contribution is -2.65. The first kappa shape index (κ1) is 28.8. The molecule has 3 aromatic rings. The van der Waals surface area contributed by atoms with Crippen molar-refractivity contribution in [1.82, 2.24) is 5.32 Å². The van der Waals surface area contributed by atoms with E-state index >= 15 is 0 Å². The number of amides is 1. The van der Waals surface area contributed by atoms with Gasteiger partial charge in [-0.1, -0.05) is 60.7 Å². The minimum absolute atomic E-state index is 0.0840. The number of carbonyl (C=O) groups excluding carboxylic acids is 2. The van der Waals surface area contributed by atoms with E-state index in [1.165, 1.54) is 0 Å². The Morgan fingerprint density at radius 3 is 2.07 bits per heavy atom. The van der Waals surface area contributed by atoms with Crippen molar-refractivity contribution >= 4 is 11.9 Å². The number of fused-ring (bicyclic) bond motifs is 3. The van der Waals surface area contributed by atoms with Crippen molar-refractivity contribution in [3.63, 3.8) is 0 Å². The average Bonchev–Trinajstić information content (AvgIpc) is 3.00. The highest BCUT2D eigenvalue weighted by Crippen LogP contribution is 2.37. The molecule has 1 N–H and O–H groups in total. The van der Waals surface area contributed by atoms with Crippen LogP contribution in [0.1, 0.15) is 54.6 Å². The zero-order valence-electron chi connectivity index (χ0n) is 24.0. The monoisotopic (exact) mass is 556 g/mol. The van der Waals surface area contributed by atoms with Crippen LogP contribution < -0.4 is 15.2 Å². The third-order valence-corrected chi connectivity index (χ3v) is 8.53. The topological polar surface area (TPSA) is 87.7 Å². The van der Waals surface area contributed by atoms with E-state index in [0.717, 1.165) is 49.1 Å². The number of nitrogens with one attached hydrogen (secondary N) is 1. The first-order chi connectivity index (χ1) is 19.8. The van der Waals surface area contributed by atoms with Crippen LogP contribution in [0.4, 0.5) is 0 Å². The summed E-state index contributed by atoms with van der Waals surface area (Å²) in [5.74, 6) is 0.192. The average molecular weight is 557 g/mol. The van der Waals surface area contributed by atoms with Crippen molar-refractivity contribution in [1.29, 1.82) is 0 Å². The molecule has 7 nitrogen and oxygen atoms in total.